The summed E-state index contributed by atoms with van der Waals surface area (Å²) in [5.74, 6) is 0. The first-order chi connectivity index (χ1) is 4.97. The molecule has 54 valence electrons. The quantitative estimate of drug-likeness (QED) is 0.521. The molecule has 0 saturated heterocycles. The molecule has 4 nitrogen and oxygen atoms in total. The number of nitrogens with zero attached hydrogens (tertiary/aromatic N) is 3. The summed E-state index contributed by atoms with van der Waals surface area (Å²) in [5, 5.41) is 1.97. The lowest BCUT2D eigenvalue weighted by Crippen LogP contribution is -2.31. The van der Waals surface area contributed by atoms with Crippen LogP contribution in [0.15, 0.2) is 16.9 Å². The maximum absolute atomic E-state index is 5.00. The van der Waals surface area contributed by atoms with Crippen LogP contribution in [-0.4, -0.2) is 28.9 Å². The smallest absolute Gasteiger partial charge is 0.174 e. The highest BCUT2D eigenvalue weighted by Gasteiger charge is 2.17. The Hall–Kier alpha value is -0.680. The summed E-state index contributed by atoms with van der Waals surface area (Å²) in [6.07, 6.45) is 5.44. The Bertz CT molecular complexity index is 174. The van der Waals surface area contributed by atoms with Crippen molar-refractivity contribution in [2.24, 2.45) is 4.40 Å². The molecule has 0 aromatic heterocycles. The number of rotatable bonds is 1. The molecular formula is C5H7N3OS. The predicted octanol–water partition coefficient (Wildman–Crippen LogP) is 0.612. The molecule has 10 heavy (non-hydrogen) atoms. The van der Waals surface area contributed by atoms with E-state index in [1.807, 2.05) is 21.8 Å². The number of hydrogen-bond donors (Lipinski definition) is 0. The van der Waals surface area contributed by atoms with Crippen LogP contribution in [-0.2, 0) is 4.74 Å². The normalized spacial score (nSPS) is 24.2. The molecule has 0 saturated carbocycles. The second kappa shape index (κ2) is 2.51. The lowest BCUT2D eigenvalue weighted by Gasteiger charge is -2.21. The van der Waals surface area contributed by atoms with Gasteiger partial charge in [-0.3, -0.25) is 5.01 Å². The minimum absolute atomic E-state index is 0.608. The average molecular weight is 157 g/mol. The van der Waals surface area contributed by atoms with Gasteiger partial charge in [-0.15, -0.1) is 4.41 Å². The fraction of sp³-hybridized carbons (Fsp3) is 0.400. The van der Waals surface area contributed by atoms with Crippen LogP contribution in [0.3, 0.4) is 0 Å². The zero-order valence-corrected chi connectivity index (χ0v) is 6.12. The molecular weight excluding hydrogens is 150 g/mol. The summed E-state index contributed by atoms with van der Waals surface area (Å²) in [6.45, 7) is 1.47. The molecule has 0 N–H and O–H groups in total. The largest absolute Gasteiger partial charge is 0.478 e. The van der Waals surface area contributed by atoms with Gasteiger partial charge in [0.2, 0.25) is 0 Å². The standard InChI is InChI=1S/C5H7N3OS/c1-2-8(10-6-1)7-3-4-9-5-7/h1,3-4H,2,5H2. The second-order valence-corrected chi connectivity index (χ2v) is 2.72. The Morgan fingerprint density at radius 2 is 2.60 bits per heavy atom. The zero-order valence-electron chi connectivity index (χ0n) is 5.30. The molecule has 0 spiro atoms. The van der Waals surface area contributed by atoms with Gasteiger partial charge in [-0.2, -0.15) is 0 Å². The summed E-state index contributed by atoms with van der Waals surface area (Å²) in [5.41, 5.74) is 0. The van der Waals surface area contributed by atoms with Crippen molar-refractivity contribution < 1.29 is 4.74 Å². The number of hydrogen-bond acceptors (Lipinski definition) is 5. The van der Waals surface area contributed by atoms with Crippen LogP contribution in [0.5, 0.6) is 0 Å². The molecule has 2 rings (SSSR count). The minimum atomic E-state index is 0.608. The van der Waals surface area contributed by atoms with Crippen LogP contribution in [0.4, 0.5) is 0 Å². The van der Waals surface area contributed by atoms with Gasteiger partial charge in [-0.1, -0.05) is 0 Å². The van der Waals surface area contributed by atoms with Crippen molar-refractivity contribution in [1.82, 2.24) is 9.42 Å². The zero-order chi connectivity index (χ0) is 6.81. The van der Waals surface area contributed by atoms with Gasteiger partial charge < -0.3 is 4.74 Å². The maximum Gasteiger partial charge on any atom is 0.174 e. The molecule has 0 radical (unpaired) electrons. The Morgan fingerprint density at radius 3 is 3.20 bits per heavy atom. The third-order valence-corrected chi connectivity index (χ3v) is 2.07. The first-order valence-corrected chi connectivity index (χ1v) is 3.71. The van der Waals surface area contributed by atoms with Crippen molar-refractivity contribution in [2.45, 2.75) is 0 Å². The van der Waals surface area contributed by atoms with Gasteiger partial charge in [0, 0.05) is 6.21 Å². The Kier molecular flexibility index (Phi) is 1.52. The van der Waals surface area contributed by atoms with E-state index in [0.29, 0.717) is 6.73 Å². The molecule has 0 aromatic rings. The van der Waals surface area contributed by atoms with Gasteiger partial charge in [0.05, 0.1) is 24.9 Å². The first-order valence-electron chi connectivity index (χ1n) is 2.98. The highest BCUT2D eigenvalue weighted by Crippen LogP contribution is 2.20. The summed E-state index contributed by atoms with van der Waals surface area (Å²) >= 11 is 1.44. The van der Waals surface area contributed by atoms with E-state index in [9.17, 15) is 0 Å². The highest BCUT2D eigenvalue weighted by molar-refractivity contribution is 7.96. The Balaban J connectivity index is 1.93. The van der Waals surface area contributed by atoms with E-state index in [0.717, 1.165) is 6.54 Å². The van der Waals surface area contributed by atoms with Crippen LogP contribution < -0.4 is 0 Å². The van der Waals surface area contributed by atoms with Gasteiger partial charge in [0.25, 0.3) is 0 Å². The molecule has 0 bridgehead atoms. The fourth-order valence-corrected chi connectivity index (χ4v) is 1.36. The van der Waals surface area contributed by atoms with E-state index < -0.39 is 0 Å². The van der Waals surface area contributed by atoms with Crippen molar-refractivity contribution in [3.63, 3.8) is 0 Å². The third kappa shape index (κ3) is 0.975. The molecule has 0 unspecified atom stereocenters. The second-order valence-electron chi connectivity index (χ2n) is 1.92. The number of ether oxygens (including phenoxy) is 1. The SMILES string of the molecule is C1=CN(N2CC=NS2)CO1. The van der Waals surface area contributed by atoms with E-state index in [1.54, 1.807) is 6.26 Å². The predicted molar refractivity (Wildman–Crippen MR) is 39.7 cm³/mol. The van der Waals surface area contributed by atoms with Crippen LogP contribution >= 0.6 is 12.1 Å². The summed E-state index contributed by atoms with van der Waals surface area (Å²) < 4.78 is 11.0. The molecule has 0 aliphatic carbocycles. The minimum Gasteiger partial charge on any atom is -0.478 e. The monoisotopic (exact) mass is 157 g/mol. The maximum atomic E-state index is 5.00. The molecule has 0 amide bonds. The topological polar surface area (TPSA) is 28.1 Å². The van der Waals surface area contributed by atoms with E-state index in [2.05, 4.69) is 4.40 Å². The number of hydrazine groups is 1. The summed E-state index contributed by atoms with van der Waals surface area (Å²) in [7, 11) is 0. The summed E-state index contributed by atoms with van der Waals surface area (Å²) in [4.78, 5) is 0. The van der Waals surface area contributed by atoms with Gasteiger partial charge in [0.1, 0.15) is 6.26 Å². The van der Waals surface area contributed by atoms with E-state index in [-0.39, 0.29) is 0 Å². The van der Waals surface area contributed by atoms with Gasteiger partial charge in [-0.05, 0) is 0 Å². The molecule has 0 aromatic carbocycles. The van der Waals surface area contributed by atoms with Crippen LogP contribution in [0.25, 0.3) is 0 Å². The van der Waals surface area contributed by atoms with Crippen molar-refractivity contribution in [1.29, 1.82) is 0 Å². The van der Waals surface area contributed by atoms with Crippen molar-refractivity contribution in [3.05, 3.63) is 12.5 Å². The first kappa shape index (κ1) is 6.06. The Morgan fingerprint density at radius 1 is 1.60 bits per heavy atom. The lowest BCUT2D eigenvalue weighted by molar-refractivity contribution is 0.0696. The van der Waals surface area contributed by atoms with Gasteiger partial charge in [0.15, 0.2) is 6.73 Å². The van der Waals surface area contributed by atoms with Crippen LogP contribution in [0.1, 0.15) is 0 Å². The van der Waals surface area contributed by atoms with Gasteiger partial charge >= 0.3 is 0 Å². The lowest BCUT2D eigenvalue weighted by atomic mass is 10.7. The molecule has 0 fully saturated rings. The van der Waals surface area contributed by atoms with Crippen LogP contribution in [0, 0.1) is 0 Å². The van der Waals surface area contributed by atoms with Crippen molar-refractivity contribution in [2.75, 3.05) is 13.3 Å². The molecule has 2 heterocycles. The molecule has 5 heteroatoms. The van der Waals surface area contributed by atoms with Crippen molar-refractivity contribution in [3.8, 4) is 0 Å². The Labute approximate surface area is 63.4 Å². The van der Waals surface area contributed by atoms with Crippen molar-refractivity contribution >= 4 is 18.3 Å². The molecule has 2 aliphatic heterocycles. The van der Waals surface area contributed by atoms with E-state index in [1.165, 1.54) is 12.1 Å². The molecule has 2 aliphatic rings. The fourth-order valence-electron chi connectivity index (χ4n) is 0.791. The highest BCUT2D eigenvalue weighted by atomic mass is 32.2. The van der Waals surface area contributed by atoms with Gasteiger partial charge in [-0.25, -0.2) is 4.40 Å². The third-order valence-electron chi connectivity index (χ3n) is 1.28. The molecule has 0 atom stereocenters. The van der Waals surface area contributed by atoms with E-state index >= 15 is 0 Å². The summed E-state index contributed by atoms with van der Waals surface area (Å²) in [6, 6.07) is 0. The average Bonchev–Trinajstić information content (AvgIpc) is 2.59. The van der Waals surface area contributed by atoms with Crippen LogP contribution in [0.2, 0.25) is 0 Å². The van der Waals surface area contributed by atoms with E-state index in [4.69, 9.17) is 4.74 Å².